The standard InChI is InChI=1S/C27H30ClN3O5S/c1-4-20-9-12-24(13-10-20)31(37(3,33)34)18-27(32)30-29-17-21-11-14-25(26(16-21)35-5-2)36-19-22-7-6-8-23(28)15-22/h6-17H,4-5,18-19H2,1-3H3,(H,30,32)/b29-17-. The van der Waals surface area contributed by atoms with E-state index < -0.39 is 22.5 Å². The van der Waals surface area contributed by atoms with Crippen LogP contribution in [0.5, 0.6) is 11.5 Å². The molecule has 0 spiro atoms. The molecule has 0 saturated heterocycles. The van der Waals surface area contributed by atoms with Crippen molar-refractivity contribution in [1.29, 1.82) is 0 Å². The summed E-state index contributed by atoms with van der Waals surface area (Å²) in [6.45, 7) is 4.23. The van der Waals surface area contributed by atoms with Crippen molar-refractivity contribution in [3.63, 3.8) is 0 Å². The van der Waals surface area contributed by atoms with Crippen molar-refractivity contribution in [3.05, 3.63) is 88.4 Å². The van der Waals surface area contributed by atoms with Crippen molar-refractivity contribution in [2.24, 2.45) is 5.10 Å². The average molecular weight is 544 g/mol. The van der Waals surface area contributed by atoms with Gasteiger partial charge in [-0.1, -0.05) is 42.8 Å². The number of carbonyl (C=O) groups excluding carboxylic acids is 1. The van der Waals surface area contributed by atoms with E-state index >= 15 is 0 Å². The summed E-state index contributed by atoms with van der Waals surface area (Å²) in [6.07, 6.45) is 3.33. The maximum absolute atomic E-state index is 12.5. The van der Waals surface area contributed by atoms with Crippen LogP contribution in [0.1, 0.15) is 30.5 Å². The lowest BCUT2D eigenvalue weighted by molar-refractivity contribution is -0.119. The number of benzene rings is 3. The van der Waals surface area contributed by atoms with Gasteiger partial charge in [0.1, 0.15) is 13.2 Å². The van der Waals surface area contributed by atoms with Gasteiger partial charge in [-0.3, -0.25) is 9.10 Å². The molecule has 0 aromatic heterocycles. The van der Waals surface area contributed by atoms with Crippen LogP contribution in [0.15, 0.2) is 71.8 Å². The molecular formula is C27H30ClN3O5S. The molecule has 3 aromatic rings. The number of halogens is 1. The van der Waals surface area contributed by atoms with Crippen LogP contribution >= 0.6 is 11.6 Å². The Bertz CT molecular complexity index is 1340. The Morgan fingerprint density at radius 2 is 1.76 bits per heavy atom. The molecule has 0 atom stereocenters. The number of hydrogen-bond donors (Lipinski definition) is 1. The van der Waals surface area contributed by atoms with Crippen LogP contribution in [0.4, 0.5) is 5.69 Å². The number of hydrogen-bond acceptors (Lipinski definition) is 6. The van der Waals surface area contributed by atoms with Crippen LogP contribution in [-0.2, 0) is 27.8 Å². The van der Waals surface area contributed by atoms with Gasteiger partial charge >= 0.3 is 0 Å². The molecule has 3 aromatic carbocycles. The van der Waals surface area contributed by atoms with E-state index in [-0.39, 0.29) is 0 Å². The molecule has 0 aliphatic carbocycles. The molecule has 196 valence electrons. The second-order valence-corrected chi connectivity index (χ2v) is 10.5. The number of sulfonamides is 1. The van der Waals surface area contributed by atoms with E-state index in [1.54, 1.807) is 36.4 Å². The fourth-order valence-corrected chi connectivity index (χ4v) is 4.49. The molecular weight excluding hydrogens is 514 g/mol. The molecule has 0 bridgehead atoms. The normalized spacial score (nSPS) is 11.4. The van der Waals surface area contributed by atoms with Crippen molar-refractivity contribution < 1.29 is 22.7 Å². The summed E-state index contributed by atoms with van der Waals surface area (Å²) >= 11 is 6.03. The van der Waals surface area contributed by atoms with Crippen LogP contribution in [0.25, 0.3) is 0 Å². The van der Waals surface area contributed by atoms with Crippen LogP contribution in [0.3, 0.4) is 0 Å². The zero-order chi connectivity index (χ0) is 26.8. The van der Waals surface area contributed by atoms with E-state index in [4.69, 9.17) is 21.1 Å². The van der Waals surface area contributed by atoms with Gasteiger partial charge in [-0.05, 0) is 72.5 Å². The third-order valence-electron chi connectivity index (χ3n) is 5.27. The highest BCUT2D eigenvalue weighted by Gasteiger charge is 2.20. The van der Waals surface area contributed by atoms with Gasteiger partial charge in [0.05, 0.1) is 24.8 Å². The van der Waals surface area contributed by atoms with E-state index in [0.29, 0.717) is 41.0 Å². The lowest BCUT2D eigenvalue weighted by Gasteiger charge is -2.21. The van der Waals surface area contributed by atoms with Crippen molar-refractivity contribution in [2.75, 3.05) is 23.7 Å². The van der Waals surface area contributed by atoms with Gasteiger partial charge in [-0.2, -0.15) is 5.10 Å². The number of ether oxygens (including phenoxy) is 2. The third-order valence-corrected chi connectivity index (χ3v) is 6.65. The minimum atomic E-state index is -3.67. The lowest BCUT2D eigenvalue weighted by Crippen LogP contribution is -2.39. The molecule has 8 nitrogen and oxygen atoms in total. The van der Waals surface area contributed by atoms with Crippen molar-refractivity contribution >= 4 is 39.4 Å². The summed E-state index contributed by atoms with van der Waals surface area (Å²) in [4.78, 5) is 12.5. The second kappa shape index (κ2) is 13.1. The summed E-state index contributed by atoms with van der Waals surface area (Å²) < 4.78 is 37.2. The summed E-state index contributed by atoms with van der Waals surface area (Å²) in [5.41, 5.74) is 5.45. The number of carbonyl (C=O) groups is 1. The Labute approximate surface area is 222 Å². The molecule has 0 aliphatic heterocycles. The van der Waals surface area contributed by atoms with Gasteiger partial charge in [0.15, 0.2) is 11.5 Å². The maximum Gasteiger partial charge on any atom is 0.260 e. The summed E-state index contributed by atoms with van der Waals surface area (Å²) in [6, 6.07) is 19.7. The number of rotatable bonds is 12. The Morgan fingerprint density at radius 3 is 2.41 bits per heavy atom. The third kappa shape index (κ3) is 8.51. The predicted octanol–water partition coefficient (Wildman–Crippen LogP) is 4.80. The molecule has 0 fully saturated rings. The van der Waals surface area contributed by atoms with Crippen molar-refractivity contribution in [3.8, 4) is 11.5 Å². The van der Waals surface area contributed by atoms with Gasteiger partial charge in [0.25, 0.3) is 5.91 Å². The number of amides is 1. The largest absolute Gasteiger partial charge is 0.490 e. The number of nitrogens with one attached hydrogen (secondary N) is 1. The topological polar surface area (TPSA) is 97.3 Å². The fraction of sp³-hybridized carbons (Fsp3) is 0.259. The Morgan fingerprint density at radius 1 is 1.00 bits per heavy atom. The maximum atomic E-state index is 12.5. The molecule has 37 heavy (non-hydrogen) atoms. The van der Waals surface area contributed by atoms with Gasteiger partial charge in [0.2, 0.25) is 10.0 Å². The quantitative estimate of drug-likeness (QED) is 0.261. The minimum absolute atomic E-state index is 0.322. The number of hydrazone groups is 1. The molecule has 0 aliphatic rings. The van der Waals surface area contributed by atoms with Crippen LogP contribution in [0, 0.1) is 0 Å². The Hall–Kier alpha value is -3.56. The average Bonchev–Trinajstić information content (AvgIpc) is 2.86. The van der Waals surface area contributed by atoms with E-state index in [0.717, 1.165) is 28.1 Å². The van der Waals surface area contributed by atoms with Crippen molar-refractivity contribution in [2.45, 2.75) is 26.9 Å². The molecule has 1 amide bonds. The summed E-state index contributed by atoms with van der Waals surface area (Å²) in [5, 5.41) is 4.61. The second-order valence-electron chi connectivity index (χ2n) is 8.14. The molecule has 0 heterocycles. The first kappa shape index (κ1) is 28.0. The van der Waals surface area contributed by atoms with Crippen molar-refractivity contribution in [1.82, 2.24) is 5.43 Å². The zero-order valence-corrected chi connectivity index (χ0v) is 22.6. The highest BCUT2D eigenvalue weighted by Crippen LogP contribution is 2.29. The fourth-order valence-electron chi connectivity index (χ4n) is 3.42. The molecule has 0 unspecified atom stereocenters. The molecule has 3 rings (SSSR count). The van der Waals surface area contributed by atoms with E-state index in [1.165, 1.54) is 6.21 Å². The number of aryl methyl sites for hydroxylation is 1. The first-order valence-corrected chi connectivity index (χ1v) is 13.9. The lowest BCUT2D eigenvalue weighted by atomic mass is 10.1. The highest BCUT2D eigenvalue weighted by atomic mass is 35.5. The monoisotopic (exact) mass is 543 g/mol. The van der Waals surface area contributed by atoms with Crippen LogP contribution in [0.2, 0.25) is 5.02 Å². The Balaban J connectivity index is 1.65. The zero-order valence-electron chi connectivity index (χ0n) is 21.0. The van der Waals surface area contributed by atoms with Gasteiger partial charge < -0.3 is 9.47 Å². The van der Waals surface area contributed by atoms with E-state index in [2.05, 4.69) is 10.5 Å². The molecule has 0 radical (unpaired) electrons. The molecule has 10 heteroatoms. The minimum Gasteiger partial charge on any atom is -0.490 e. The smallest absolute Gasteiger partial charge is 0.260 e. The first-order chi connectivity index (χ1) is 17.7. The predicted molar refractivity (Wildman–Crippen MR) is 147 cm³/mol. The van der Waals surface area contributed by atoms with Crippen LogP contribution in [-0.4, -0.2) is 39.9 Å². The highest BCUT2D eigenvalue weighted by molar-refractivity contribution is 7.92. The summed E-state index contributed by atoms with van der Waals surface area (Å²) in [7, 11) is -3.67. The SMILES string of the molecule is CCOc1cc(/C=N\NC(=O)CN(c2ccc(CC)cc2)S(C)(=O)=O)ccc1OCc1cccc(Cl)c1. The van der Waals surface area contributed by atoms with Gasteiger partial charge in [0, 0.05) is 5.02 Å². The van der Waals surface area contributed by atoms with Gasteiger partial charge in [-0.25, -0.2) is 13.8 Å². The van der Waals surface area contributed by atoms with Gasteiger partial charge in [-0.15, -0.1) is 0 Å². The number of anilines is 1. The molecule has 1 N–H and O–H groups in total. The first-order valence-electron chi connectivity index (χ1n) is 11.7. The van der Waals surface area contributed by atoms with E-state index in [9.17, 15) is 13.2 Å². The molecule has 0 saturated carbocycles. The summed E-state index contributed by atoms with van der Waals surface area (Å²) in [5.74, 6) is 0.507. The Kier molecular flexibility index (Phi) is 9.93. The number of nitrogens with zero attached hydrogens (tertiary/aromatic N) is 2. The van der Waals surface area contributed by atoms with Crippen LogP contribution < -0.4 is 19.2 Å². The van der Waals surface area contributed by atoms with E-state index in [1.807, 2.05) is 44.2 Å².